The zero-order valence-corrected chi connectivity index (χ0v) is 18.1. The third kappa shape index (κ3) is 5.13. The number of amides is 1. The number of hydrogen-bond donors (Lipinski definition) is 1. The highest BCUT2D eigenvalue weighted by Crippen LogP contribution is 2.32. The number of anilines is 2. The second kappa shape index (κ2) is 9.65. The van der Waals surface area contributed by atoms with Gasteiger partial charge in [0.1, 0.15) is 5.82 Å². The normalized spacial score (nSPS) is 18.0. The van der Waals surface area contributed by atoms with Crippen LogP contribution in [0.1, 0.15) is 63.2 Å². The number of nitrogens with one attached hydrogen (secondary N) is 1. The van der Waals surface area contributed by atoms with Crippen molar-refractivity contribution in [1.29, 1.82) is 0 Å². The molecule has 1 amide bonds. The lowest BCUT2D eigenvalue weighted by atomic mass is 9.95. The number of piperidine rings is 1. The van der Waals surface area contributed by atoms with Gasteiger partial charge in [0.15, 0.2) is 5.16 Å². The van der Waals surface area contributed by atoms with Crippen molar-refractivity contribution in [3.63, 3.8) is 0 Å². The molecular weight excluding hydrogens is 382 g/mol. The first-order valence-corrected chi connectivity index (χ1v) is 11.9. The second-order valence-corrected chi connectivity index (χ2v) is 9.07. The molecule has 6 nitrogen and oxygen atoms in total. The molecule has 2 aliphatic rings. The van der Waals surface area contributed by atoms with Gasteiger partial charge >= 0.3 is 0 Å². The maximum Gasteiger partial charge on any atom is 0.234 e. The molecule has 156 valence electrons. The molecule has 0 atom stereocenters. The molecule has 4 rings (SSSR count). The van der Waals surface area contributed by atoms with Crippen LogP contribution in [0.2, 0.25) is 0 Å². The maximum absolute atomic E-state index is 12.5. The average molecular weight is 414 g/mol. The second-order valence-electron chi connectivity index (χ2n) is 8.12. The minimum atomic E-state index is -0.00318. The Morgan fingerprint density at radius 2 is 1.72 bits per heavy atom. The SMILES string of the molecule is Cc1nnc(SCC(=O)Nc2ccc(N3CCCCC3)cc2)n1C1CCCCC1. The van der Waals surface area contributed by atoms with E-state index in [0.29, 0.717) is 11.8 Å². The minimum Gasteiger partial charge on any atom is -0.372 e. The number of nitrogens with zero attached hydrogens (tertiary/aromatic N) is 4. The molecule has 1 N–H and O–H groups in total. The van der Waals surface area contributed by atoms with Crippen molar-refractivity contribution < 1.29 is 4.79 Å². The van der Waals surface area contributed by atoms with E-state index in [4.69, 9.17) is 0 Å². The molecule has 1 saturated carbocycles. The van der Waals surface area contributed by atoms with Crippen molar-refractivity contribution in [2.75, 3.05) is 29.1 Å². The van der Waals surface area contributed by atoms with Crippen molar-refractivity contribution in [2.24, 2.45) is 0 Å². The first-order chi connectivity index (χ1) is 14.2. The van der Waals surface area contributed by atoms with Crippen molar-refractivity contribution in [1.82, 2.24) is 14.8 Å². The number of hydrogen-bond acceptors (Lipinski definition) is 5. The van der Waals surface area contributed by atoms with Gasteiger partial charge in [-0.05, 0) is 63.3 Å². The van der Waals surface area contributed by atoms with Gasteiger partial charge in [-0.15, -0.1) is 10.2 Å². The third-order valence-electron chi connectivity index (χ3n) is 5.98. The molecule has 2 fully saturated rings. The molecule has 2 aromatic rings. The van der Waals surface area contributed by atoms with Gasteiger partial charge in [-0.2, -0.15) is 0 Å². The molecule has 29 heavy (non-hydrogen) atoms. The standard InChI is InChI=1S/C22H31N5OS/c1-17-24-25-22(27(17)20-8-4-2-5-9-20)29-16-21(28)23-18-10-12-19(13-11-18)26-14-6-3-7-15-26/h10-13,20H,2-9,14-16H2,1H3,(H,23,28). The Kier molecular flexibility index (Phi) is 6.74. The molecule has 0 bridgehead atoms. The summed E-state index contributed by atoms with van der Waals surface area (Å²) in [6.07, 6.45) is 10.1. The fourth-order valence-corrected chi connectivity index (χ4v) is 5.29. The van der Waals surface area contributed by atoms with E-state index in [2.05, 4.69) is 37.1 Å². The molecular formula is C22H31N5OS. The number of rotatable bonds is 6. The van der Waals surface area contributed by atoms with Crippen LogP contribution in [-0.4, -0.2) is 39.5 Å². The number of carbonyl (C=O) groups excluding carboxylic acids is 1. The van der Waals surface area contributed by atoms with Crippen LogP contribution in [0.4, 0.5) is 11.4 Å². The third-order valence-corrected chi connectivity index (χ3v) is 6.92. The van der Waals surface area contributed by atoms with E-state index in [1.165, 1.54) is 68.8 Å². The number of aromatic nitrogens is 3. The van der Waals surface area contributed by atoms with Gasteiger partial charge in [0.25, 0.3) is 0 Å². The maximum atomic E-state index is 12.5. The van der Waals surface area contributed by atoms with Crippen molar-refractivity contribution in [3.05, 3.63) is 30.1 Å². The van der Waals surface area contributed by atoms with Gasteiger partial charge in [0.2, 0.25) is 5.91 Å². The van der Waals surface area contributed by atoms with E-state index in [9.17, 15) is 4.79 Å². The highest BCUT2D eigenvalue weighted by Gasteiger charge is 2.21. The smallest absolute Gasteiger partial charge is 0.234 e. The highest BCUT2D eigenvalue weighted by atomic mass is 32.2. The fourth-order valence-electron chi connectivity index (χ4n) is 4.44. The summed E-state index contributed by atoms with van der Waals surface area (Å²) in [6.45, 7) is 4.27. The molecule has 2 heterocycles. The Hall–Kier alpha value is -2.02. The van der Waals surface area contributed by atoms with Crippen LogP contribution in [0.25, 0.3) is 0 Å². The molecule has 7 heteroatoms. The van der Waals surface area contributed by atoms with Gasteiger partial charge in [0.05, 0.1) is 5.75 Å². The zero-order chi connectivity index (χ0) is 20.1. The molecule has 0 unspecified atom stereocenters. The lowest BCUT2D eigenvalue weighted by Crippen LogP contribution is -2.29. The summed E-state index contributed by atoms with van der Waals surface area (Å²) in [6, 6.07) is 8.70. The number of benzene rings is 1. The summed E-state index contributed by atoms with van der Waals surface area (Å²) in [5, 5.41) is 12.5. The summed E-state index contributed by atoms with van der Waals surface area (Å²) < 4.78 is 2.24. The number of thioether (sulfide) groups is 1. The first kappa shape index (κ1) is 20.3. The van der Waals surface area contributed by atoms with Gasteiger partial charge in [-0.3, -0.25) is 4.79 Å². The highest BCUT2D eigenvalue weighted by molar-refractivity contribution is 7.99. The molecule has 0 radical (unpaired) electrons. The molecule has 1 aliphatic heterocycles. The van der Waals surface area contributed by atoms with Crippen LogP contribution < -0.4 is 10.2 Å². The van der Waals surface area contributed by atoms with E-state index in [1.807, 2.05) is 19.1 Å². The minimum absolute atomic E-state index is 0.00318. The predicted molar refractivity (Wildman–Crippen MR) is 119 cm³/mol. The van der Waals surface area contributed by atoms with E-state index in [-0.39, 0.29) is 5.91 Å². The van der Waals surface area contributed by atoms with Gasteiger partial charge in [0, 0.05) is 30.5 Å². The van der Waals surface area contributed by atoms with Crippen LogP contribution in [0.15, 0.2) is 29.4 Å². The Balaban J connectivity index is 1.31. The first-order valence-electron chi connectivity index (χ1n) is 10.9. The summed E-state index contributed by atoms with van der Waals surface area (Å²) in [5.41, 5.74) is 2.09. The Labute approximate surface area is 177 Å². The summed E-state index contributed by atoms with van der Waals surface area (Å²) >= 11 is 1.48. The number of carbonyl (C=O) groups is 1. The Morgan fingerprint density at radius 1 is 1.03 bits per heavy atom. The van der Waals surface area contributed by atoms with Gasteiger partial charge in [-0.1, -0.05) is 31.0 Å². The molecule has 0 spiro atoms. The average Bonchev–Trinajstić information content (AvgIpc) is 3.14. The molecule has 1 aliphatic carbocycles. The van der Waals surface area contributed by atoms with Crippen LogP contribution in [0, 0.1) is 6.92 Å². The Morgan fingerprint density at radius 3 is 2.45 bits per heavy atom. The summed E-state index contributed by atoms with van der Waals surface area (Å²) in [7, 11) is 0. The molecule has 1 aromatic heterocycles. The number of aryl methyl sites for hydroxylation is 1. The van der Waals surface area contributed by atoms with Crippen LogP contribution in [0.5, 0.6) is 0 Å². The quantitative estimate of drug-likeness (QED) is 0.689. The zero-order valence-electron chi connectivity index (χ0n) is 17.3. The van der Waals surface area contributed by atoms with Crippen molar-refractivity contribution >= 4 is 29.0 Å². The summed E-state index contributed by atoms with van der Waals surface area (Å²) in [5.74, 6) is 1.29. The molecule has 1 saturated heterocycles. The van der Waals surface area contributed by atoms with E-state index in [0.717, 1.165) is 29.8 Å². The van der Waals surface area contributed by atoms with Gasteiger partial charge in [-0.25, -0.2) is 0 Å². The van der Waals surface area contributed by atoms with Crippen molar-refractivity contribution in [3.8, 4) is 0 Å². The Bertz CT molecular complexity index is 807. The molecule has 1 aromatic carbocycles. The lowest BCUT2D eigenvalue weighted by molar-refractivity contribution is -0.113. The summed E-state index contributed by atoms with van der Waals surface area (Å²) in [4.78, 5) is 14.9. The van der Waals surface area contributed by atoms with E-state index < -0.39 is 0 Å². The largest absolute Gasteiger partial charge is 0.372 e. The van der Waals surface area contributed by atoms with Crippen LogP contribution in [-0.2, 0) is 4.79 Å². The van der Waals surface area contributed by atoms with Crippen LogP contribution >= 0.6 is 11.8 Å². The fraction of sp³-hybridized carbons (Fsp3) is 0.591. The monoisotopic (exact) mass is 413 g/mol. The van der Waals surface area contributed by atoms with Crippen LogP contribution in [0.3, 0.4) is 0 Å². The van der Waals surface area contributed by atoms with Crippen molar-refractivity contribution in [2.45, 2.75) is 69.5 Å². The van der Waals surface area contributed by atoms with Gasteiger partial charge < -0.3 is 14.8 Å². The predicted octanol–water partition coefficient (Wildman–Crippen LogP) is 4.81. The van der Waals surface area contributed by atoms with E-state index >= 15 is 0 Å². The topological polar surface area (TPSA) is 63.1 Å². The van der Waals surface area contributed by atoms with E-state index in [1.54, 1.807) is 0 Å². The lowest BCUT2D eigenvalue weighted by Gasteiger charge is -2.28.